The van der Waals surface area contributed by atoms with Gasteiger partial charge in [0.05, 0.1) is 29.1 Å². The van der Waals surface area contributed by atoms with Crippen LogP contribution in [0.5, 0.6) is 0 Å². The minimum Gasteiger partial charge on any atom is -0.376 e. The maximum atomic E-state index is 11.9. The minimum atomic E-state index is -0.249. The van der Waals surface area contributed by atoms with Gasteiger partial charge in [-0.15, -0.1) is 0 Å². The first-order chi connectivity index (χ1) is 9.11. The van der Waals surface area contributed by atoms with Crippen LogP contribution in [0.2, 0.25) is 5.02 Å². The molecule has 1 aromatic heterocycles. The fraction of sp³-hybridized carbons (Fsp3) is 0.538. The molecule has 1 fully saturated rings. The predicted molar refractivity (Wildman–Crippen MR) is 74.6 cm³/mol. The fourth-order valence-electron chi connectivity index (χ4n) is 2.17. The molecular weight excluding hydrogens is 266 g/mol. The summed E-state index contributed by atoms with van der Waals surface area (Å²) in [4.78, 5) is 15.9. The topological polar surface area (TPSA) is 63.2 Å². The van der Waals surface area contributed by atoms with Gasteiger partial charge in [-0.05, 0) is 25.3 Å². The number of ether oxygens (including phenoxy) is 1. The van der Waals surface area contributed by atoms with Crippen molar-refractivity contribution in [2.75, 3.05) is 11.9 Å². The summed E-state index contributed by atoms with van der Waals surface area (Å²) in [6.07, 6.45) is 4.98. The summed E-state index contributed by atoms with van der Waals surface area (Å²) in [6, 6.07) is -0.182. The van der Waals surface area contributed by atoms with Crippen LogP contribution in [0.3, 0.4) is 0 Å². The molecule has 2 atom stereocenters. The van der Waals surface area contributed by atoms with Crippen molar-refractivity contribution < 1.29 is 9.53 Å². The molecule has 0 radical (unpaired) electrons. The van der Waals surface area contributed by atoms with Crippen LogP contribution in [0.25, 0.3) is 0 Å². The van der Waals surface area contributed by atoms with Crippen molar-refractivity contribution in [1.29, 1.82) is 0 Å². The Morgan fingerprint density at radius 1 is 1.58 bits per heavy atom. The van der Waals surface area contributed by atoms with Crippen LogP contribution < -0.4 is 10.6 Å². The highest BCUT2D eigenvalue weighted by molar-refractivity contribution is 6.31. The molecule has 0 bridgehead atoms. The molecule has 104 valence electrons. The van der Waals surface area contributed by atoms with E-state index in [1.807, 2.05) is 13.8 Å². The first kappa shape index (κ1) is 14.1. The van der Waals surface area contributed by atoms with Gasteiger partial charge in [-0.2, -0.15) is 0 Å². The SMILES string of the molecule is CC[C@@H]1OCC[C@H]1NC(=O)Nc1cncc(Cl)c1C. The van der Waals surface area contributed by atoms with Crippen molar-refractivity contribution in [2.24, 2.45) is 0 Å². The number of urea groups is 1. The maximum Gasteiger partial charge on any atom is 0.319 e. The second kappa shape index (κ2) is 6.21. The third-order valence-electron chi connectivity index (χ3n) is 3.33. The van der Waals surface area contributed by atoms with Gasteiger partial charge in [-0.3, -0.25) is 4.98 Å². The number of nitrogens with zero attached hydrogens (tertiary/aromatic N) is 1. The highest BCUT2D eigenvalue weighted by Gasteiger charge is 2.28. The molecule has 1 aromatic rings. The quantitative estimate of drug-likeness (QED) is 0.896. The second-order valence-electron chi connectivity index (χ2n) is 4.61. The van der Waals surface area contributed by atoms with Crippen LogP contribution in [0.4, 0.5) is 10.5 Å². The van der Waals surface area contributed by atoms with E-state index in [-0.39, 0.29) is 18.2 Å². The summed E-state index contributed by atoms with van der Waals surface area (Å²) >= 11 is 5.96. The number of rotatable bonds is 3. The Hall–Kier alpha value is -1.33. The average Bonchev–Trinajstić information content (AvgIpc) is 2.82. The number of amides is 2. The number of nitrogens with one attached hydrogen (secondary N) is 2. The number of aromatic nitrogens is 1. The normalized spacial score (nSPS) is 22.3. The molecule has 2 heterocycles. The molecule has 0 aliphatic carbocycles. The zero-order valence-electron chi connectivity index (χ0n) is 11.1. The molecule has 0 spiro atoms. The predicted octanol–water partition coefficient (Wildman–Crippen LogP) is 2.73. The molecule has 2 amide bonds. The van der Waals surface area contributed by atoms with Gasteiger partial charge in [-0.25, -0.2) is 4.79 Å². The molecule has 2 rings (SSSR count). The van der Waals surface area contributed by atoms with Gasteiger partial charge in [0.2, 0.25) is 0 Å². The Labute approximate surface area is 117 Å². The van der Waals surface area contributed by atoms with Gasteiger partial charge in [0.25, 0.3) is 0 Å². The van der Waals surface area contributed by atoms with Crippen LogP contribution in [0.15, 0.2) is 12.4 Å². The van der Waals surface area contributed by atoms with Crippen LogP contribution in [0.1, 0.15) is 25.3 Å². The monoisotopic (exact) mass is 283 g/mol. The number of hydrogen-bond acceptors (Lipinski definition) is 3. The molecule has 1 aliphatic rings. The van der Waals surface area contributed by atoms with E-state index in [4.69, 9.17) is 16.3 Å². The molecule has 0 aromatic carbocycles. The van der Waals surface area contributed by atoms with Crippen LogP contribution >= 0.6 is 11.6 Å². The Balaban J connectivity index is 1.96. The number of pyridine rings is 1. The molecule has 5 nitrogen and oxygen atoms in total. The molecule has 1 aliphatic heterocycles. The molecule has 19 heavy (non-hydrogen) atoms. The van der Waals surface area contributed by atoms with E-state index < -0.39 is 0 Å². The van der Waals surface area contributed by atoms with E-state index in [2.05, 4.69) is 15.6 Å². The highest BCUT2D eigenvalue weighted by atomic mass is 35.5. The van der Waals surface area contributed by atoms with Gasteiger partial charge >= 0.3 is 6.03 Å². The van der Waals surface area contributed by atoms with Gasteiger partial charge in [0.15, 0.2) is 0 Å². The molecular formula is C13H18ClN3O2. The Morgan fingerprint density at radius 2 is 2.37 bits per heavy atom. The lowest BCUT2D eigenvalue weighted by Crippen LogP contribution is -2.42. The number of anilines is 1. The van der Waals surface area contributed by atoms with E-state index >= 15 is 0 Å². The van der Waals surface area contributed by atoms with E-state index in [1.165, 1.54) is 0 Å². The number of halogens is 1. The lowest BCUT2D eigenvalue weighted by atomic mass is 10.1. The standard InChI is InChI=1S/C13H18ClN3O2/c1-3-12-10(4-5-19-12)16-13(18)17-11-7-15-6-9(14)8(11)2/h6-7,10,12H,3-5H2,1-2H3,(H2,16,17,18)/t10-,12+/m1/s1. The number of carbonyl (C=O) groups excluding carboxylic acids is 1. The summed E-state index contributed by atoms with van der Waals surface area (Å²) in [7, 11) is 0. The van der Waals surface area contributed by atoms with Crippen molar-refractivity contribution in [3.63, 3.8) is 0 Å². The Bertz CT molecular complexity index is 467. The van der Waals surface area contributed by atoms with E-state index in [0.717, 1.165) is 18.4 Å². The molecule has 2 N–H and O–H groups in total. The fourth-order valence-corrected chi connectivity index (χ4v) is 2.33. The van der Waals surface area contributed by atoms with Crippen molar-refractivity contribution in [1.82, 2.24) is 10.3 Å². The summed E-state index contributed by atoms with van der Waals surface area (Å²) in [5.74, 6) is 0. The molecule has 6 heteroatoms. The van der Waals surface area contributed by atoms with Crippen LogP contribution in [-0.4, -0.2) is 29.8 Å². The summed E-state index contributed by atoms with van der Waals surface area (Å²) in [5.41, 5.74) is 1.43. The molecule has 0 unspecified atom stereocenters. The van der Waals surface area contributed by atoms with E-state index in [0.29, 0.717) is 17.3 Å². The smallest absolute Gasteiger partial charge is 0.319 e. The van der Waals surface area contributed by atoms with Crippen LogP contribution in [-0.2, 0) is 4.74 Å². The van der Waals surface area contributed by atoms with Crippen molar-refractivity contribution in [3.05, 3.63) is 23.0 Å². The van der Waals surface area contributed by atoms with Crippen LogP contribution in [0, 0.1) is 6.92 Å². The zero-order chi connectivity index (χ0) is 13.8. The summed E-state index contributed by atoms with van der Waals surface area (Å²) in [6.45, 7) is 4.59. The maximum absolute atomic E-state index is 11.9. The van der Waals surface area contributed by atoms with Gasteiger partial charge in [0, 0.05) is 12.8 Å². The first-order valence-electron chi connectivity index (χ1n) is 6.41. The van der Waals surface area contributed by atoms with Crippen molar-refractivity contribution in [2.45, 2.75) is 38.8 Å². The van der Waals surface area contributed by atoms with E-state index in [9.17, 15) is 4.79 Å². The lowest BCUT2D eigenvalue weighted by molar-refractivity contribution is 0.0970. The molecule has 0 saturated carbocycles. The first-order valence-corrected chi connectivity index (χ1v) is 6.78. The van der Waals surface area contributed by atoms with Crippen molar-refractivity contribution in [3.8, 4) is 0 Å². The third kappa shape index (κ3) is 3.36. The van der Waals surface area contributed by atoms with Gasteiger partial charge < -0.3 is 15.4 Å². The Morgan fingerprint density at radius 3 is 3.11 bits per heavy atom. The average molecular weight is 284 g/mol. The van der Waals surface area contributed by atoms with Gasteiger partial charge in [-0.1, -0.05) is 18.5 Å². The molecule has 1 saturated heterocycles. The largest absolute Gasteiger partial charge is 0.376 e. The zero-order valence-corrected chi connectivity index (χ0v) is 11.8. The number of carbonyl (C=O) groups is 1. The summed E-state index contributed by atoms with van der Waals surface area (Å²) in [5, 5.41) is 6.23. The second-order valence-corrected chi connectivity index (χ2v) is 5.01. The summed E-state index contributed by atoms with van der Waals surface area (Å²) < 4.78 is 5.53. The minimum absolute atomic E-state index is 0.0671. The van der Waals surface area contributed by atoms with Crippen molar-refractivity contribution >= 4 is 23.3 Å². The third-order valence-corrected chi connectivity index (χ3v) is 3.71. The Kier molecular flexibility index (Phi) is 4.61. The van der Waals surface area contributed by atoms with Gasteiger partial charge in [0.1, 0.15) is 0 Å². The van der Waals surface area contributed by atoms with E-state index in [1.54, 1.807) is 12.4 Å². The lowest BCUT2D eigenvalue weighted by Gasteiger charge is -2.19. The highest BCUT2D eigenvalue weighted by Crippen LogP contribution is 2.21. The number of hydrogen-bond donors (Lipinski definition) is 2.